The number of hydrogen-bond acceptors (Lipinski definition) is 8. The van der Waals surface area contributed by atoms with Gasteiger partial charge in [0.25, 0.3) is 11.8 Å². The topological polar surface area (TPSA) is 147 Å². The Labute approximate surface area is 208 Å². The van der Waals surface area contributed by atoms with Crippen LogP contribution in [0.2, 0.25) is 0 Å². The quantitative estimate of drug-likeness (QED) is 0.450. The lowest BCUT2D eigenvalue weighted by atomic mass is 10.0. The number of nitrogens with zero attached hydrogens (tertiary/aromatic N) is 2. The van der Waals surface area contributed by atoms with E-state index in [2.05, 4.69) is 20.9 Å². The molecule has 1 aromatic heterocycles. The average molecular weight is 508 g/mol. The van der Waals surface area contributed by atoms with Crippen molar-refractivity contribution in [2.75, 3.05) is 12.4 Å². The van der Waals surface area contributed by atoms with Gasteiger partial charge in [0.05, 0.1) is 29.0 Å². The molecule has 2 aliphatic heterocycles. The van der Waals surface area contributed by atoms with E-state index in [0.29, 0.717) is 16.4 Å². The molecule has 0 aliphatic carbocycles. The highest BCUT2D eigenvalue weighted by Crippen LogP contribution is 2.32. The van der Waals surface area contributed by atoms with Crippen molar-refractivity contribution in [3.63, 3.8) is 0 Å². The van der Waals surface area contributed by atoms with Crippen LogP contribution in [-0.2, 0) is 9.59 Å². The first-order chi connectivity index (χ1) is 17.3. The molecular formula is C24H21N5O6S. The van der Waals surface area contributed by atoms with Crippen molar-refractivity contribution in [3.05, 3.63) is 52.5 Å². The number of thiazole rings is 1. The number of aromatic nitrogens is 1. The largest absolute Gasteiger partial charge is 0.494 e. The normalized spacial score (nSPS) is 18.2. The van der Waals surface area contributed by atoms with Crippen LogP contribution in [-0.4, -0.2) is 52.7 Å². The lowest BCUT2D eigenvalue weighted by molar-refractivity contribution is -0.136. The number of methoxy groups -OCH3 is 1. The van der Waals surface area contributed by atoms with E-state index >= 15 is 0 Å². The molecule has 3 heterocycles. The fraction of sp³-hybridized carbons (Fsp3) is 0.250. The Bertz CT molecular complexity index is 1450. The second-order valence-corrected chi connectivity index (χ2v) is 9.45. The molecule has 0 bridgehead atoms. The molecule has 3 N–H and O–H groups in total. The Morgan fingerprint density at radius 2 is 1.94 bits per heavy atom. The van der Waals surface area contributed by atoms with Gasteiger partial charge < -0.3 is 15.4 Å². The number of carbonyl (C=O) groups is 5. The van der Waals surface area contributed by atoms with Gasteiger partial charge in [-0.3, -0.25) is 29.4 Å². The second kappa shape index (κ2) is 9.04. The maximum absolute atomic E-state index is 13.0. The summed E-state index contributed by atoms with van der Waals surface area (Å²) in [5.74, 6) is -1.73. The van der Waals surface area contributed by atoms with Crippen LogP contribution in [0.4, 0.5) is 10.5 Å². The summed E-state index contributed by atoms with van der Waals surface area (Å²) in [7, 11) is 1.57. The summed E-state index contributed by atoms with van der Waals surface area (Å²) in [6.45, 7) is 1.80. The molecule has 2 atom stereocenters. The molecule has 2 unspecified atom stereocenters. The van der Waals surface area contributed by atoms with E-state index in [4.69, 9.17) is 4.74 Å². The van der Waals surface area contributed by atoms with E-state index in [-0.39, 0.29) is 24.0 Å². The summed E-state index contributed by atoms with van der Waals surface area (Å²) in [6.07, 6.45) is 0.107. The van der Waals surface area contributed by atoms with Crippen LogP contribution < -0.4 is 20.7 Å². The number of imide groups is 2. The number of benzene rings is 2. The van der Waals surface area contributed by atoms with Crippen molar-refractivity contribution < 1.29 is 28.7 Å². The number of para-hydroxylation sites is 1. The highest BCUT2D eigenvalue weighted by atomic mass is 32.1. The number of amides is 6. The number of urea groups is 1. The van der Waals surface area contributed by atoms with Crippen molar-refractivity contribution >= 4 is 56.9 Å². The Kier molecular flexibility index (Phi) is 5.88. The van der Waals surface area contributed by atoms with Crippen LogP contribution in [0.3, 0.4) is 0 Å². The minimum atomic E-state index is -1.05. The van der Waals surface area contributed by atoms with E-state index in [1.807, 2.05) is 18.2 Å². The Morgan fingerprint density at radius 3 is 2.69 bits per heavy atom. The summed E-state index contributed by atoms with van der Waals surface area (Å²) in [5, 5.41) is 8.33. The summed E-state index contributed by atoms with van der Waals surface area (Å²) in [5.41, 5.74) is 1.23. The molecule has 11 nitrogen and oxygen atoms in total. The van der Waals surface area contributed by atoms with Gasteiger partial charge in [0, 0.05) is 12.1 Å². The first-order valence-electron chi connectivity index (χ1n) is 11.1. The van der Waals surface area contributed by atoms with E-state index in [1.54, 1.807) is 14.0 Å². The lowest BCUT2D eigenvalue weighted by Crippen LogP contribution is -2.54. The highest BCUT2D eigenvalue weighted by Gasteiger charge is 2.44. The zero-order chi connectivity index (χ0) is 25.6. The molecule has 2 aromatic carbocycles. The number of anilines is 1. The van der Waals surface area contributed by atoms with Crippen molar-refractivity contribution in [1.29, 1.82) is 0 Å². The third-order valence-corrected chi connectivity index (χ3v) is 7.24. The van der Waals surface area contributed by atoms with Crippen molar-refractivity contribution in [3.8, 4) is 5.75 Å². The SMILES string of the molecule is COc1cccc2sc(C(C)NC(=O)Nc3ccc4c(c3)C(=O)N(C3CCC(=O)NC3=O)C4=O)nc12. The van der Waals surface area contributed by atoms with Gasteiger partial charge in [0.2, 0.25) is 11.8 Å². The third kappa shape index (κ3) is 4.05. The second-order valence-electron chi connectivity index (χ2n) is 8.39. The smallest absolute Gasteiger partial charge is 0.319 e. The van der Waals surface area contributed by atoms with Gasteiger partial charge in [-0.1, -0.05) is 6.07 Å². The third-order valence-electron chi connectivity index (χ3n) is 6.03. The molecule has 0 saturated carbocycles. The molecule has 1 fully saturated rings. The number of rotatable bonds is 5. The fourth-order valence-electron chi connectivity index (χ4n) is 4.26. The van der Waals surface area contributed by atoms with Gasteiger partial charge in [0.15, 0.2) is 0 Å². The Balaban J connectivity index is 1.29. The zero-order valence-corrected chi connectivity index (χ0v) is 20.1. The van der Waals surface area contributed by atoms with Crippen molar-refractivity contribution in [2.45, 2.75) is 31.8 Å². The lowest BCUT2D eigenvalue weighted by Gasteiger charge is -2.27. The molecule has 184 valence electrons. The molecular weight excluding hydrogens is 486 g/mol. The highest BCUT2D eigenvalue weighted by molar-refractivity contribution is 7.18. The Morgan fingerprint density at radius 1 is 1.17 bits per heavy atom. The number of hydrogen-bond donors (Lipinski definition) is 3. The molecule has 2 aliphatic rings. The zero-order valence-electron chi connectivity index (χ0n) is 19.3. The van der Waals surface area contributed by atoms with Crippen molar-refractivity contribution in [2.24, 2.45) is 0 Å². The molecule has 1 saturated heterocycles. The first kappa shape index (κ1) is 23.4. The first-order valence-corrected chi connectivity index (χ1v) is 11.9. The van der Waals surface area contributed by atoms with Crippen LogP contribution in [0.1, 0.15) is 51.5 Å². The van der Waals surface area contributed by atoms with Crippen LogP contribution in [0, 0.1) is 0 Å². The standard InChI is InChI=1S/C24H21N5O6S/c1-11(21-28-19-16(35-2)4-3-5-17(19)36-21)25-24(34)26-12-6-7-13-14(10-12)23(33)29(22(13)32)15-8-9-18(30)27-20(15)31/h3-7,10-11,15H,8-9H2,1-2H3,(H2,25,26,34)(H,27,30,31). The summed E-state index contributed by atoms with van der Waals surface area (Å²) in [4.78, 5) is 67.5. The maximum atomic E-state index is 13.0. The molecule has 36 heavy (non-hydrogen) atoms. The molecule has 12 heteroatoms. The molecule has 6 amide bonds. The molecule has 0 radical (unpaired) electrons. The fourth-order valence-corrected chi connectivity index (χ4v) is 5.25. The van der Waals surface area contributed by atoms with Crippen LogP contribution in [0.25, 0.3) is 10.2 Å². The Hall–Kier alpha value is -4.32. The summed E-state index contributed by atoms with van der Waals surface area (Å²) in [6, 6.07) is 7.96. The number of ether oxygens (including phenoxy) is 1. The minimum absolute atomic E-state index is 0.0381. The van der Waals surface area contributed by atoms with Gasteiger partial charge in [-0.05, 0) is 43.7 Å². The van der Waals surface area contributed by atoms with Crippen molar-refractivity contribution in [1.82, 2.24) is 20.5 Å². The predicted octanol–water partition coefficient (Wildman–Crippen LogP) is 2.59. The van der Waals surface area contributed by atoms with Gasteiger partial charge in [-0.25, -0.2) is 9.78 Å². The van der Waals surface area contributed by atoms with Crippen LogP contribution in [0.15, 0.2) is 36.4 Å². The monoisotopic (exact) mass is 507 g/mol. The molecule has 0 spiro atoms. The van der Waals surface area contributed by atoms with E-state index in [9.17, 15) is 24.0 Å². The number of fused-ring (bicyclic) bond motifs is 2. The van der Waals surface area contributed by atoms with Crippen LogP contribution >= 0.6 is 11.3 Å². The molecule has 3 aromatic rings. The van der Waals surface area contributed by atoms with E-state index < -0.39 is 41.7 Å². The average Bonchev–Trinajstić information content (AvgIpc) is 3.39. The number of piperidine rings is 1. The summed E-state index contributed by atoms with van der Waals surface area (Å²) < 4.78 is 6.27. The van der Waals surface area contributed by atoms with Gasteiger partial charge in [0.1, 0.15) is 22.3 Å². The maximum Gasteiger partial charge on any atom is 0.319 e. The summed E-state index contributed by atoms with van der Waals surface area (Å²) >= 11 is 1.44. The minimum Gasteiger partial charge on any atom is -0.494 e. The van der Waals surface area contributed by atoms with E-state index in [0.717, 1.165) is 15.1 Å². The number of carbonyl (C=O) groups excluding carboxylic acids is 5. The van der Waals surface area contributed by atoms with Gasteiger partial charge in [-0.2, -0.15) is 0 Å². The number of nitrogens with one attached hydrogen (secondary N) is 3. The van der Waals surface area contributed by atoms with Gasteiger partial charge in [-0.15, -0.1) is 11.3 Å². The van der Waals surface area contributed by atoms with E-state index in [1.165, 1.54) is 29.5 Å². The van der Waals surface area contributed by atoms with Gasteiger partial charge >= 0.3 is 6.03 Å². The predicted molar refractivity (Wildman–Crippen MR) is 130 cm³/mol. The molecule has 5 rings (SSSR count). The van der Waals surface area contributed by atoms with Crippen LogP contribution in [0.5, 0.6) is 5.75 Å².